The van der Waals surface area contributed by atoms with Crippen molar-refractivity contribution in [1.82, 2.24) is 24.3 Å². The number of nitrogens with one attached hydrogen (secondary N) is 6. The minimum absolute atomic E-state index is 0.00935. The molecule has 0 aliphatic heterocycles. The van der Waals surface area contributed by atoms with Crippen LogP contribution in [0, 0.1) is 5.41 Å². The van der Waals surface area contributed by atoms with Gasteiger partial charge in [-0.3, -0.25) is 19.8 Å². The fraction of sp³-hybridized carbons (Fsp3) is 0.500. The zero-order chi connectivity index (χ0) is 34.2. The van der Waals surface area contributed by atoms with Crippen molar-refractivity contribution in [2.24, 2.45) is 31.9 Å². The number of carbonyl (C=O) groups excluding carboxylic acids is 3. The highest BCUT2D eigenvalue weighted by molar-refractivity contribution is 6.08. The molecule has 0 aromatic carbocycles. The molecule has 0 radical (unpaired) electrons. The predicted octanol–water partition coefficient (Wildman–Crippen LogP) is 4.29. The SMILES string of the molecule is Cn1cc(NC(=O)c2cc(NC(=O)c3cc(NC(=NC4CCCCC4)NC4CCCCC4)cn3C)cn2C)cc1C(=O)NCCC(=N)N. The number of hydrogen-bond donors (Lipinski definition) is 7. The molecule has 258 valence electrons. The summed E-state index contributed by atoms with van der Waals surface area (Å²) in [6, 6.07) is 5.70. The summed E-state index contributed by atoms with van der Waals surface area (Å²) in [6.07, 6.45) is 17.3. The third-order valence-electron chi connectivity index (χ3n) is 9.00. The highest BCUT2D eigenvalue weighted by Gasteiger charge is 2.21. The van der Waals surface area contributed by atoms with Crippen LogP contribution in [-0.2, 0) is 21.1 Å². The van der Waals surface area contributed by atoms with Crippen molar-refractivity contribution >= 4 is 46.6 Å². The van der Waals surface area contributed by atoms with Gasteiger partial charge in [-0.05, 0) is 43.9 Å². The number of rotatable bonds is 11. The number of amides is 3. The molecule has 2 saturated carbocycles. The number of aliphatic imine (C=N–C) groups is 1. The van der Waals surface area contributed by atoms with Gasteiger partial charge in [-0.1, -0.05) is 38.5 Å². The lowest BCUT2D eigenvalue weighted by molar-refractivity contribution is 0.0945. The van der Waals surface area contributed by atoms with Gasteiger partial charge in [0.1, 0.15) is 17.1 Å². The molecular formula is C34H49N11O3. The normalized spacial score (nSPS) is 15.9. The van der Waals surface area contributed by atoms with Crippen LogP contribution in [0.2, 0.25) is 0 Å². The first kappa shape index (κ1) is 34.3. The van der Waals surface area contributed by atoms with Gasteiger partial charge in [0.2, 0.25) is 0 Å². The Morgan fingerprint density at radius 1 is 0.729 bits per heavy atom. The molecule has 3 aromatic rings. The van der Waals surface area contributed by atoms with Crippen molar-refractivity contribution in [1.29, 1.82) is 5.41 Å². The first-order valence-corrected chi connectivity index (χ1v) is 16.9. The first-order chi connectivity index (χ1) is 23.0. The topological polar surface area (TPSA) is 188 Å². The average Bonchev–Trinajstić information content (AvgIpc) is 3.73. The van der Waals surface area contributed by atoms with E-state index in [1.54, 1.807) is 52.3 Å². The summed E-state index contributed by atoms with van der Waals surface area (Å²) >= 11 is 0. The standard InChI is InChI=1S/C34H49N11O3/c1-43-19-24(16-27(43)31(46)37-15-14-30(35)36)38-32(47)28-17-25(20-44(28)2)39-33(48)29-18-26(21-45(29)3)42-34(40-22-10-6-4-7-11-22)41-23-12-8-5-9-13-23/h16-23H,4-15H2,1-3H3,(H3,35,36)(H,37,46)(H,38,47)(H,39,48)(H2,40,41,42). The lowest BCUT2D eigenvalue weighted by Crippen LogP contribution is -2.41. The first-order valence-electron chi connectivity index (χ1n) is 16.9. The smallest absolute Gasteiger partial charge is 0.272 e. The molecule has 3 aromatic heterocycles. The lowest BCUT2D eigenvalue weighted by Gasteiger charge is -2.26. The molecular weight excluding hydrogens is 610 g/mol. The Balaban J connectivity index is 1.22. The Morgan fingerprint density at radius 3 is 1.69 bits per heavy atom. The van der Waals surface area contributed by atoms with E-state index in [0.29, 0.717) is 40.5 Å². The molecule has 3 heterocycles. The molecule has 2 fully saturated rings. The highest BCUT2D eigenvalue weighted by Crippen LogP contribution is 2.23. The summed E-state index contributed by atoms with van der Waals surface area (Å²) in [5.41, 5.74) is 8.18. The zero-order valence-corrected chi connectivity index (χ0v) is 28.2. The summed E-state index contributed by atoms with van der Waals surface area (Å²) in [6.45, 7) is 0.243. The second-order valence-electron chi connectivity index (χ2n) is 13.0. The molecule has 48 heavy (non-hydrogen) atoms. The van der Waals surface area contributed by atoms with E-state index in [1.807, 2.05) is 19.3 Å². The molecule has 8 N–H and O–H groups in total. The van der Waals surface area contributed by atoms with E-state index in [9.17, 15) is 14.4 Å². The minimum atomic E-state index is -0.396. The second kappa shape index (κ2) is 15.7. The number of guanidine groups is 1. The highest BCUT2D eigenvalue weighted by atomic mass is 16.2. The van der Waals surface area contributed by atoms with E-state index in [0.717, 1.165) is 37.3 Å². The lowest BCUT2D eigenvalue weighted by atomic mass is 9.95. The van der Waals surface area contributed by atoms with E-state index < -0.39 is 5.91 Å². The number of nitrogens with zero attached hydrogens (tertiary/aromatic N) is 4. The van der Waals surface area contributed by atoms with Gasteiger partial charge in [0.05, 0.1) is 28.9 Å². The van der Waals surface area contributed by atoms with Gasteiger partial charge >= 0.3 is 0 Å². The Kier molecular flexibility index (Phi) is 11.2. The van der Waals surface area contributed by atoms with Gasteiger partial charge in [0.25, 0.3) is 17.7 Å². The summed E-state index contributed by atoms with van der Waals surface area (Å²) in [4.78, 5) is 44.2. The van der Waals surface area contributed by atoms with Crippen LogP contribution in [0.5, 0.6) is 0 Å². The largest absolute Gasteiger partial charge is 0.388 e. The number of anilines is 3. The van der Waals surface area contributed by atoms with Crippen LogP contribution in [0.3, 0.4) is 0 Å². The van der Waals surface area contributed by atoms with Gasteiger partial charge in [0, 0.05) is 58.7 Å². The van der Waals surface area contributed by atoms with Crippen LogP contribution in [0.15, 0.2) is 41.8 Å². The third kappa shape index (κ3) is 9.07. The molecule has 14 nitrogen and oxygen atoms in total. The van der Waals surface area contributed by atoms with Crippen molar-refractivity contribution in [3.05, 3.63) is 53.9 Å². The Morgan fingerprint density at radius 2 is 1.19 bits per heavy atom. The maximum Gasteiger partial charge on any atom is 0.272 e. The van der Waals surface area contributed by atoms with E-state index >= 15 is 0 Å². The Hall–Kier alpha value is -5.01. The van der Waals surface area contributed by atoms with Crippen LogP contribution in [0.4, 0.5) is 17.1 Å². The number of aryl methyl sites for hydroxylation is 3. The Bertz CT molecular complexity index is 1650. The molecule has 0 bridgehead atoms. The van der Waals surface area contributed by atoms with Crippen molar-refractivity contribution in [3.63, 3.8) is 0 Å². The third-order valence-corrected chi connectivity index (χ3v) is 9.00. The van der Waals surface area contributed by atoms with Crippen molar-refractivity contribution in [2.75, 3.05) is 22.5 Å². The van der Waals surface area contributed by atoms with Gasteiger partial charge < -0.3 is 46.0 Å². The molecule has 0 atom stereocenters. The van der Waals surface area contributed by atoms with Crippen LogP contribution in [0.25, 0.3) is 0 Å². The van der Waals surface area contributed by atoms with E-state index in [4.69, 9.17) is 16.1 Å². The molecule has 2 aliphatic rings. The number of aromatic nitrogens is 3. The number of amidine groups is 1. The van der Waals surface area contributed by atoms with E-state index in [-0.39, 0.29) is 30.6 Å². The predicted molar refractivity (Wildman–Crippen MR) is 189 cm³/mol. The second-order valence-corrected chi connectivity index (χ2v) is 13.0. The van der Waals surface area contributed by atoms with Crippen LogP contribution < -0.4 is 32.3 Å². The van der Waals surface area contributed by atoms with Crippen molar-refractivity contribution in [3.8, 4) is 0 Å². The number of hydrogen-bond acceptors (Lipinski definition) is 5. The fourth-order valence-electron chi connectivity index (χ4n) is 6.44. The van der Waals surface area contributed by atoms with Crippen molar-refractivity contribution < 1.29 is 14.4 Å². The molecule has 2 aliphatic carbocycles. The summed E-state index contributed by atoms with van der Waals surface area (Å²) in [5.74, 6) is -0.269. The minimum Gasteiger partial charge on any atom is -0.388 e. The van der Waals surface area contributed by atoms with Gasteiger partial charge in [-0.25, -0.2) is 4.99 Å². The van der Waals surface area contributed by atoms with Gasteiger partial charge in [-0.2, -0.15) is 0 Å². The van der Waals surface area contributed by atoms with Gasteiger partial charge in [0.15, 0.2) is 5.96 Å². The number of carbonyl (C=O) groups is 3. The number of nitrogens with two attached hydrogens (primary N) is 1. The Labute approximate surface area is 281 Å². The van der Waals surface area contributed by atoms with Crippen LogP contribution in [0.1, 0.15) is 102 Å². The molecule has 14 heteroatoms. The quantitative estimate of drug-likeness (QED) is 0.119. The zero-order valence-electron chi connectivity index (χ0n) is 28.2. The summed E-state index contributed by atoms with van der Waals surface area (Å²) in [5, 5.41) is 22.9. The molecule has 3 amide bonds. The molecule has 0 saturated heterocycles. The van der Waals surface area contributed by atoms with E-state index in [1.165, 1.54) is 38.5 Å². The summed E-state index contributed by atoms with van der Waals surface area (Å²) in [7, 11) is 5.25. The van der Waals surface area contributed by atoms with Crippen LogP contribution >= 0.6 is 0 Å². The maximum absolute atomic E-state index is 13.4. The maximum atomic E-state index is 13.4. The van der Waals surface area contributed by atoms with Crippen molar-refractivity contribution in [2.45, 2.75) is 82.7 Å². The average molecular weight is 660 g/mol. The van der Waals surface area contributed by atoms with E-state index in [2.05, 4.69) is 26.6 Å². The molecule has 5 rings (SSSR count). The summed E-state index contributed by atoms with van der Waals surface area (Å²) < 4.78 is 5.01. The van der Waals surface area contributed by atoms with Gasteiger partial charge in [-0.15, -0.1) is 0 Å². The molecule has 0 spiro atoms. The van der Waals surface area contributed by atoms with Crippen LogP contribution in [-0.4, -0.2) is 61.8 Å². The fourth-order valence-corrected chi connectivity index (χ4v) is 6.44. The monoisotopic (exact) mass is 659 g/mol. The molecule has 0 unspecified atom stereocenters.